The molecule has 3 N–H and O–H groups in total. The summed E-state index contributed by atoms with van der Waals surface area (Å²) >= 11 is 6.55. The van der Waals surface area contributed by atoms with Gasteiger partial charge in [0.1, 0.15) is 17.3 Å². The number of pyridine rings is 1. The third-order valence-corrected chi connectivity index (χ3v) is 7.55. The first-order valence-corrected chi connectivity index (χ1v) is 12.5. The van der Waals surface area contributed by atoms with Gasteiger partial charge < -0.3 is 15.7 Å². The summed E-state index contributed by atoms with van der Waals surface area (Å²) in [5.41, 5.74) is 3.21. The number of nitrogens with one attached hydrogen (secondary N) is 2. The molecule has 1 fully saturated rings. The number of halogens is 2. The maximum absolute atomic E-state index is 14.3. The fourth-order valence-corrected chi connectivity index (χ4v) is 5.19. The van der Waals surface area contributed by atoms with Crippen molar-refractivity contribution < 1.29 is 9.50 Å². The number of benzene rings is 2. The van der Waals surface area contributed by atoms with E-state index in [1.54, 1.807) is 18.3 Å². The number of aromatic nitrogens is 1. The maximum atomic E-state index is 14.3. The van der Waals surface area contributed by atoms with Gasteiger partial charge in [-0.2, -0.15) is 0 Å². The van der Waals surface area contributed by atoms with Crippen molar-refractivity contribution in [2.75, 3.05) is 11.9 Å². The second-order valence-electron chi connectivity index (χ2n) is 9.80. The van der Waals surface area contributed by atoms with Gasteiger partial charge in [0.05, 0.1) is 22.3 Å². The van der Waals surface area contributed by atoms with Gasteiger partial charge in [0.2, 0.25) is 0 Å². The number of aliphatic hydroxyl groups is 1. The molecule has 2 aromatic carbocycles. The SMILES string of the molecule is CC1CCC(O)(C2=NC=C(c3ccc4ncc(Cl)c(N[C@H](C)c5ccccc5F)c4c3)CN2)CC1. The number of hydrogen-bond acceptors (Lipinski definition) is 5. The predicted octanol–water partition coefficient (Wildman–Crippen LogP) is 6.48. The Hall–Kier alpha value is -2.96. The zero-order valence-electron chi connectivity index (χ0n) is 20.0. The topological polar surface area (TPSA) is 69.5 Å². The number of amidine groups is 1. The molecule has 7 heteroatoms. The first-order valence-electron chi connectivity index (χ1n) is 12.2. The summed E-state index contributed by atoms with van der Waals surface area (Å²) in [6, 6.07) is 12.4. The summed E-state index contributed by atoms with van der Waals surface area (Å²) < 4.78 is 14.3. The maximum Gasteiger partial charge on any atom is 0.134 e. The summed E-state index contributed by atoms with van der Waals surface area (Å²) in [5.74, 6) is 1.05. The number of aliphatic imine (C=N–C) groups is 1. The third-order valence-electron chi connectivity index (χ3n) is 7.26. The van der Waals surface area contributed by atoms with Crippen LogP contribution in [0.25, 0.3) is 16.5 Å². The minimum absolute atomic E-state index is 0.260. The molecule has 0 radical (unpaired) electrons. The van der Waals surface area contributed by atoms with E-state index in [1.807, 2.05) is 37.4 Å². The van der Waals surface area contributed by atoms with Crippen molar-refractivity contribution in [3.05, 3.63) is 76.8 Å². The molecule has 0 unspecified atom stereocenters. The summed E-state index contributed by atoms with van der Waals surface area (Å²) in [7, 11) is 0. The molecule has 35 heavy (non-hydrogen) atoms. The van der Waals surface area contributed by atoms with E-state index in [-0.39, 0.29) is 11.9 Å². The van der Waals surface area contributed by atoms with E-state index in [1.165, 1.54) is 6.07 Å². The molecule has 5 rings (SSSR count). The number of fused-ring (bicyclic) bond motifs is 1. The fourth-order valence-electron chi connectivity index (χ4n) is 4.99. The van der Waals surface area contributed by atoms with E-state index in [4.69, 9.17) is 11.6 Å². The highest BCUT2D eigenvalue weighted by Gasteiger charge is 2.37. The minimum atomic E-state index is -0.866. The van der Waals surface area contributed by atoms with Crippen LogP contribution in [0.3, 0.4) is 0 Å². The van der Waals surface area contributed by atoms with Crippen LogP contribution in [-0.2, 0) is 0 Å². The molecule has 0 bridgehead atoms. The van der Waals surface area contributed by atoms with E-state index in [2.05, 4.69) is 27.5 Å². The molecule has 1 aliphatic heterocycles. The number of anilines is 1. The fraction of sp³-hybridized carbons (Fsp3) is 0.357. The summed E-state index contributed by atoms with van der Waals surface area (Å²) in [5, 5.41) is 19.2. The van der Waals surface area contributed by atoms with E-state index >= 15 is 0 Å². The average Bonchev–Trinajstić information content (AvgIpc) is 2.87. The van der Waals surface area contributed by atoms with Crippen molar-refractivity contribution in [2.24, 2.45) is 10.9 Å². The highest BCUT2D eigenvalue weighted by Crippen LogP contribution is 2.36. The van der Waals surface area contributed by atoms with Gasteiger partial charge in [0, 0.05) is 29.9 Å². The minimum Gasteiger partial charge on any atom is -0.382 e. The quantitative estimate of drug-likeness (QED) is 0.381. The third kappa shape index (κ3) is 4.78. The van der Waals surface area contributed by atoms with Gasteiger partial charge in [-0.1, -0.05) is 42.8 Å². The van der Waals surface area contributed by atoms with Crippen LogP contribution in [0.2, 0.25) is 5.02 Å². The number of rotatable bonds is 5. The highest BCUT2D eigenvalue weighted by atomic mass is 35.5. The molecular weight excluding hydrogens is 463 g/mol. The molecule has 0 spiro atoms. The summed E-state index contributed by atoms with van der Waals surface area (Å²) in [6.45, 7) is 4.71. The van der Waals surface area contributed by atoms with Gasteiger partial charge >= 0.3 is 0 Å². The monoisotopic (exact) mass is 492 g/mol. The Morgan fingerprint density at radius 1 is 1.20 bits per heavy atom. The molecule has 2 heterocycles. The first-order chi connectivity index (χ1) is 16.8. The second kappa shape index (κ2) is 9.59. The summed E-state index contributed by atoms with van der Waals surface area (Å²) in [6.07, 6.45) is 6.94. The van der Waals surface area contributed by atoms with Crippen molar-refractivity contribution in [3.8, 4) is 0 Å². The van der Waals surface area contributed by atoms with Gasteiger partial charge in [-0.25, -0.2) is 9.38 Å². The largest absolute Gasteiger partial charge is 0.382 e. The normalized spacial score (nSPS) is 23.3. The van der Waals surface area contributed by atoms with Gasteiger partial charge in [0.15, 0.2) is 0 Å². The van der Waals surface area contributed by atoms with Crippen LogP contribution in [0.5, 0.6) is 0 Å². The summed E-state index contributed by atoms with van der Waals surface area (Å²) in [4.78, 5) is 9.09. The molecule has 3 aromatic rings. The van der Waals surface area contributed by atoms with Crippen LogP contribution in [0.1, 0.15) is 56.7 Å². The van der Waals surface area contributed by atoms with Crippen LogP contribution in [0.15, 0.2) is 59.9 Å². The Bertz CT molecular complexity index is 1310. The Balaban J connectivity index is 1.45. The molecule has 1 aromatic heterocycles. The molecular formula is C28H30ClFN4O. The van der Waals surface area contributed by atoms with Crippen LogP contribution < -0.4 is 10.6 Å². The van der Waals surface area contributed by atoms with Crippen LogP contribution in [0, 0.1) is 11.7 Å². The van der Waals surface area contributed by atoms with Crippen molar-refractivity contribution in [2.45, 2.75) is 51.2 Å². The zero-order chi connectivity index (χ0) is 24.6. The molecule has 1 saturated carbocycles. The lowest BCUT2D eigenvalue weighted by Crippen LogP contribution is -2.50. The number of nitrogens with zero attached hydrogens (tertiary/aromatic N) is 2. The van der Waals surface area contributed by atoms with E-state index in [0.717, 1.165) is 47.7 Å². The van der Waals surface area contributed by atoms with Gasteiger partial charge in [-0.15, -0.1) is 0 Å². The second-order valence-corrected chi connectivity index (χ2v) is 10.2. The van der Waals surface area contributed by atoms with Crippen LogP contribution in [-0.4, -0.2) is 28.1 Å². The van der Waals surface area contributed by atoms with Gasteiger partial charge in [-0.3, -0.25) is 4.98 Å². The lowest BCUT2D eigenvalue weighted by Gasteiger charge is -2.37. The molecule has 0 amide bonds. The van der Waals surface area contributed by atoms with E-state index < -0.39 is 5.60 Å². The van der Waals surface area contributed by atoms with Crippen molar-refractivity contribution >= 4 is 39.6 Å². The lowest BCUT2D eigenvalue weighted by atomic mass is 9.78. The molecule has 5 nitrogen and oxygen atoms in total. The molecule has 182 valence electrons. The van der Waals surface area contributed by atoms with E-state index in [0.29, 0.717) is 34.6 Å². The molecule has 0 saturated heterocycles. The highest BCUT2D eigenvalue weighted by molar-refractivity contribution is 6.34. The van der Waals surface area contributed by atoms with Crippen molar-refractivity contribution in [3.63, 3.8) is 0 Å². The Morgan fingerprint density at radius 3 is 2.69 bits per heavy atom. The zero-order valence-corrected chi connectivity index (χ0v) is 20.7. The Kier molecular flexibility index (Phi) is 6.51. The Labute approximate surface area is 210 Å². The predicted molar refractivity (Wildman–Crippen MR) is 141 cm³/mol. The van der Waals surface area contributed by atoms with E-state index in [9.17, 15) is 9.50 Å². The van der Waals surface area contributed by atoms with Gasteiger partial charge in [-0.05, 0) is 67.9 Å². The van der Waals surface area contributed by atoms with Crippen LogP contribution >= 0.6 is 11.6 Å². The Morgan fingerprint density at radius 2 is 1.97 bits per heavy atom. The molecule has 2 aliphatic rings. The first kappa shape index (κ1) is 23.8. The van der Waals surface area contributed by atoms with Crippen molar-refractivity contribution in [1.29, 1.82) is 0 Å². The van der Waals surface area contributed by atoms with Gasteiger partial charge in [0.25, 0.3) is 0 Å². The molecule has 1 aliphatic carbocycles. The average molecular weight is 493 g/mol. The smallest absolute Gasteiger partial charge is 0.134 e. The van der Waals surface area contributed by atoms with Crippen molar-refractivity contribution in [1.82, 2.24) is 10.3 Å². The van der Waals surface area contributed by atoms with Crippen LogP contribution in [0.4, 0.5) is 10.1 Å². The lowest BCUT2D eigenvalue weighted by molar-refractivity contribution is 0.0534. The standard InChI is InChI=1S/C28H30ClFN4O/c1-17-9-11-28(35,12-10-17)27-32-14-20(15-33-27)19-7-8-25-22(13-19)26(23(29)16-31-25)34-18(2)21-5-3-4-6-24(21)30/h3-8,13-14,16-18,35H,9-12,15H2,1-2H3,(H,31,34)(H,32,33)/t17?,18-,28?/m1/s1. The molecule has 1 atom stereocenters. The number of hydrogen-bond donors (Lipinski definition) is 3.